The molecule has 4 aliphatic rings. The molecule has 2 N–H and O–H groups in total. The van der Waals surface area contributed by atoms with E-state index in [-0.39, 0.29) is 16.7 Å². The first kappa shape index (κ1) is 25.6. The molecule has 6 heterocycles. The van der Waals surface area contributed by atoms with Gasteiger partial charge in [0.15, 0.2) is 17.5 Å². The maximum absolute atomic E-state index is 15.2. The van der Waals surface area contributed by atoms with Crippen LogP contribution in [0.1, 0.15) is 32.1 Å². The molecule has 8 rings (SSSR count). The second-order valence-corrected chi connectivity index (χ2v) is 12.8. The van der Waals surface area contributed by atoms with Gasteiger partial charge in [-0.15, -0.1) is 0 Å². The Balaban J connectivity index is 1.26. The Morgan fingerprint density at radius 1 is 1.12 bits per heavy atom. The van der Waals surface area contributed by atoms with Crippen LogP contribution in [0.2, 0.25) is 0 Å². The Morgan fingerprint density at radius 2 is 1.95 bits per heavy atom. The minimum Gasteiger partial charge on any atom is -0.508 e. The molecule has 4 saturated heterocycles. The van der Waals surface area contributed by atoms with Gasteiger partial charge in [0.2, 0.25) is 5.88 Å². The van der Waals surface area contributed by atoms with E-state index in [9.17, 15) is 13.9 Å². The molecule has 4 aromatic rings. The zero-order valence-electron chi connectivity index (χ0n) is 22.4. The molecule has 0 aliphatic carbocycles. The summed E-state index contributed by atoms with van der Waals surface area (Å²) in [6, 6.07) is 7.92. The Bertz CT molecular complexity index is 1670. The second kappa shape index (κ2) is 9.43. The third kappa shape index (κ3) is 4.15. The van der Waals surface area contributed by atoms with Crippen LogP contribution in [0.5, 0.6) is 11.6 Å². The van der Waals surface area contributed by atoms with Gasteiger partial charge in [-0.05, 0) is 67.3 Å². The van der Waals surface area contributed by atoms with Gasteiger partial charge in [-0.2, -0.15) is 9.36 Å². The zero-order chi connectivity index (χ0) is 27.9. The van der Waals surface area contributed by atoms with Crippen LogP contribution in [-0.4, -0.2) is 75.9 Å². The third-order valence-electron chi connectivity index (χ3n) is 9.43. The number of pyridine rings is 1. The molecule has 11 heteroatoms. The molecule has 7 nitrogen and oxygen atoms in total. The Labute approximate surface area is 239 Å². The number of aromatic nitrogens is 2. The highest BCUT2D eigenvalue weighted by Gasteiger charge is 2.49. The molecule has 4 aliphatic heterocycles. The van der Waals surface area contributed by atoms with E-state index in [0.29, 0.717) is 59.6 Å². The van der Waals surface area contributed by atoms with E-state index in [1.807, 2.05) is 0 Å². The van der Waals surface area contributed by atoms with Crippen molar-refractivity contribution in [3.05, 3.63) is 42.0 Å². The normalized spacial score (nSPS) is 27.8. The SMILES string of the molecule is Oc1cc(-c2nsc3c(N4CC5CCC(C4)N5)nc(OC[C@@]45CCCN4C[C@H](F)C5)cc23)c2c(F)c(F)ccc2c1. The van der Waals surface area contributed by atoms with Crippen molar-refractivity contribution in [1.29, 1.82) is 0 Å². The van der Waals surface area contributed by atoms with Crippen LogP contribution in [0.3, 0.4) is 0 Å². The fourth-order valence-electron chi connectivity index (χ4n) is 7.58. The van der Waals surface area contributed by atoms with Gasteiger partial charge in [0.05, 0.1) is 15.9 Å². The van der Waals surface area contributed by atoms with Crippen LogP contribution in [0, 0.1) is 11.6 Å². The summed E-state index contributed by atoms with van der Waals surface area (Å²) in [5.74, 6) is -0.849. The first-order valence-electron chi connectivity index (χ1n) is 14.3. The average Bonchev–Trinajstić information content (AvgIpc) is 3.70. The molecule has 0 radical (unpaired) electrons. The van der Waals surface area contributed by atoms with Gasteiger partial charge in [-0.25, -0.2) is 13.2 Å². The smallest absolute Gasteiger partial charge is 0.216 e. The highest BCUT2D eigenvalue weighted by molar-refractivity contribution is 7.14. The number of hydrogen-bond acceptors (Lipinski definition) is 8. The molecule has 0 saturated carbocycles. The van der Waals surface area contributed by atoms with Crippen LogP contribution < -0.4 is 15.0 Å². The van der Waals surface area contributed by atoms with Crippen LogP contribution in [0.15, 0.2) is 30.3 Å². The molecule has 2 aromatic carbocycles. The van der Waals surface area contributed by atoms with Crippen molar-refractivity contribution in [2.75, 3.05) is 37.7 Å². The lowest BCUT2D eigenvalue weighted by atomic mass is 9.95. The van der Waals surface area contributed by atoms with Crippen molar-refractivity contribution in [2.24, 2.45) is 0 Å². The van der Waals surface area contributed by atoms with E-state index in [2.05, 4.69) is 15.1 Å². The van der Waals surface area contributed by atoms with E-state index in [1.165, 1.54) is 29.7 Å². The van der Waals surface area contributed by atoms with Gasteiger partial charge in [0.25, 0.3) is 0 Å². The number of hydrogen-bond donors (Lipinski definition) is 2. The van der Waals surface area contributed by atoms with Gasteiger partial charge in [-0.3, -0.25) is 4.90 Å². The van der Waals surface area contributed by atoms with Gasteiger partial charge in [0, 0.05) is 60.5 Å². The quantitative estimate of drug-likeness (QED) is 0.327. The Hall–Kier alpha value is -3.15. The molecule has 214 valence electrons. The largest absolute Gasteiger partial charge is 0.508 e. The molecule has 41 heavy (non-hydrogen) atoms. The van der Waals surface area contributed by atoms with Crippen molar-refractivity contribution >= 4 is 38.2 Å². The van der Waals surface area contributed by atoms with Gasteiger partial charge < -0.3 is 20.1 Å². The number of anilines is 1. The number of nitrogens with zero attached hydrogens (tertiary/aromatic N) is 4. The summed E-state index contributed by atoms with van der Waals surface area (Å²) in [6.07, 6.45) is 3.71. The minimum atomic E-state index is -0.981. The summed E-state index contributed by atoms with van der Waals surface area (Å²) >= 11 is 1.26. The van der Waals surface area contributed by atoms with Crippen molar-refractivity contribution in [3.63, 3.8) is 0 Å². The summed E-state index contributed by atoms with van der Waals surface area (Å²) < 4.78 is 56.0. The first-order chi connectivity index (χ1) is 19.9. The highest BCUT2D eigenvalue weighted by atomic mass is 32.1. The number of rotatable bonds is 5. The highest BCUT2D eigenvalue weighted by Crippen LogP contribution is 2.44. The number of aromatic hydroxyl groups is 1. The maximum Gasteiger partial charge on any atom is 0.216 e. The van der Waals surface area contributed by atoms with Crippen LogP contribution in [-0.2, 0) is 0 Å². The number of fused-ring (bicyclic) bond motifs is 5. The van der Waals surface area contributed by atoms with Crippen LogP contribution in [0.25, 0.3) is 32.1 Å². The predicted molar refractivity (Wildman–Crippen MR) is 153 cm³/mol. The number of benzene rings is 2. The lowest BCUT2D eigenvalue weighted by molar-refractivity contribution is 0.111. The summed E-state index contributed by atoms with van der Waals surface area (Å²) in [5, 5.41) is 15.3. The summed E-state index contributed by atoms with van der Waals surface area (Å²) in [5.41, 5.74) is 0.415. The molecule has 4 fully saturated rings. The van der Waals surface area contributed by atoms with Crippen LogP contribution in [0.4, 0.5) is 19.0 Å². The fourth-order valence-corrected chi connectivity index (χ4v) is 8.47. The zero-order valence-corrected chi connectivity index (χ0v) is 23.2. The van der Waals surface area contributed by atoms with Crippen molar-refractivity contribution < 1.29 is 23.0 Å². The summed E-state index contributed by atoms with van der Waals surface area (Å²) in [4.78, 5) is 9.46. The summed E-state index contributed by atoms with van der Waals surface area (Å²) in [6.45, 7) is 3.24. The molecular formula is C30H30F3N5O2S. The monoisotopic (exact) mass is 581 g/mol. The van der Waals surface area contributed by atoms with E-state index in [1.54, 1.807) is 6.07 Å². The topological polar surface area (TPSA) is 73.8 Å². The molecule has 0 amide bonds. The lowest BCUT2D eigenvalue weighted by Gasteiger charge is -2.34. The first-order valence-corrected chi connectivity index (χ1v) is 15.1. The maximum atomic E-state index is 15.2. The number of alkyl halides is 1. The number of ether oxygens (including phenoxy) is 1. The molecular weight excluding hydrogens is 551 g/mol. The van der Waals surface area contributed by atoms with Crippen molar-refractivity contribution in [3.8, 4) is 22.9 Å². The van der Waals surface area contributed by atoms with E-state index in [4.69, 9.17) is 14.1 Å². The molecule has 2 unspecified atom stereocenters. The van der Waals surface area contributed by atoms with Crippen LogP contribution >= 0.6 is 11.5 Å². The van der Waals surface area contributed by atoms with E-state index < -0.39 is 17.8 Å². The number of nitrogens with one attached hydrogen (secondary N) is 1. The molecule has 2 aromatic heterocycles. The number of phenolic OH excluding ortho intramolecular Hbond substituents is 1. The average molecular weight is 582 g/mol. The van der Waals surface area contributed by atoms with E-state index in [0.717, 1.165) is 61.9 Å². The number of piperazine rings is 1. The standard InChI is InChI=1S/C30H30F3N5O2S/c31-17-11-30(6-1-7-38(30)12-17)15-40-24-10-22-27(21-9-20(39)8-16-2-5-23(32)26(33)25(16)21)36-41-28(22)29(35-24)37-13-18-3-4-19(14-37)34-18/h2,5,8-10,17-19,34,39H,1,3-4,6-7,11-15H2/t17-,18?,19?,30+/m1/s1. The number of halogens is 3. The van der Waals surface area contributed by atoms with Crippen molar-refractivity contribution in [1.82, 2.24) is 19.6 Å². The molecule has 4 atom stereocenters. The lowest BCUT2D eigenvalue weighted by Crippen LogP contribution is -2.51. The van der Waals surface area contributed by atoms with Gasteiger partial charge in [0.1, 0.15) is 18.5 Å². The van der Waals surface area contributed by atoms with E-state index >= 15 is 4.39 Å². The van der Waals surface area contributed by atoms with Crippen molar-refractivity contribution in [2.45, 2.75) is 55.9 Å². The number of phenols is 1. The minimum absolute atomic E-state index is 0.0634. The van der Waals surface area contributed by atoms with Gasteiger partial charge in [-0.1, -0.05) is 6.07 Å². The second-order valence-electron chi connectivity index (χ2n) is 12.1. The third-order valence-corrected chi connectivity index (χ3v) is 10.3. The fraction of sp³-hybridized carbons (Fsp3) is 0.467. The van der Waals surface area contributed by atoms with Gasteiger partial charge >= 0.3 is 0 Å². The Kier molecular flexibility index (Phi) is 5.88. The molecule has 0 spiro atoms. The Morgan fingerprint density at radius 3 is 2.78 bits per heavy atom. The summed E-state index contributed by atoms with van der Waals surface area (Å²) in [7, 11) is 0. The predicted octanol–water partition coefficient (Wildman–Crippen LogP) is 5.39. The molecule has 2 bridgehead atoms.